The summed E-state index contributed by atoms with van der Waals surface area (Å²) in [6.45, 7) is 7.04. The number of nitrogens with zero attached hydrogens (tertiary/aromatic N) is 2. The lowest BCUT2D eigenvalue weighted by Gasteiger charge is -2.50. The van der Waals surface area contributed by atoms with Crippen molar-refractivity contribution in [1.82, 2.24) is 9.80 Å². The van der Waals surface area contributed by atoms with Crippen LogP contribution in [0.25, 0.3) is 0 Å². The molecule has 3 rings (SSSR count). The van der Waals surface area contributed by atoms with Crippen molar-refractivity contribution in [2.75, 3.05) is 6.54 Å². The highest BCUT2D eigenvalue weighted by Crippen LogP contribution is 2.37. The highest BCUT2D eigenvalue weighted by atomic mass is 16.2. The molecule has 3 fully saturated rings. The number of rotatable bonds is 4. The maximum Gasteiger partial charge on any atom is 0.246 e. The van der Waals surface area contributed by atoms with Gasteiger partial charge in [0.2, 0.25) is 11.8 Å². The lowest BCUT2D eigenvalue weighted by molar-refractivity contribution is -0.168. The highest BCUT2D eigenvalue weighted by Gasteiger charge is 2.49. The van der Waals surface area contributed by atoms with Crippen LogP contribution in [0.3, 0.4) is 0 Å². The predicted octanol–water partition coefficient (Wildman–Crippen LogP) is 2.42. The largest absolute Gasteiger partial charge is 0.329 e. The number of hydrogen-bond acceptors (Lipinski definition) is 2. The Bertz CT molecular complexity index is 431. The molecule has 0 aromatic rings. The van der Waals surface area contributed by atoms with Crippen molar-refractivity contribution in [2.45, 2.75) is 77.4 Å². The first-order valence-electron chi connectivity index (χ1n) is 8.63. The lowest BCUT2D eigenvalue weighted by atomic mass is 9.89. The van der Waals surface area contributed by atoms with Gasteiger partial charge in [0.25, 0.3) is 0 Å². The lowest BCUT2D eigenvalue weighted by Crippen LogP contribution is -2.68. The molecule has 4 nitrogen and oxygen atoms in total. The summed E-state index contributed by atoms with van der Waals surface area (Å²) in [6.07, 6.45) is 6.61. The first kappa shape index (κ1) is 14.9. The van der Waals surface area contributed by atoms with Crippen LogP contribution in [0, 0.1) is 11.8 Å². The second-order valence-corrected chi connectivity index (χ2v) is 7.51. The zero-order valence-corrected chi connectivity index (χ0v) is 13.5. The van der Waals surface area contributed by atoms with Crippen LogP contribution in [0.4, 0.5) is 0 Å². The Morgan fingerprint density at radius 2 is 1.76 bits per heavy atom. The Labute approximate surface area is 127 Å². The van der Waals surface area contributed by atoms with E-state index in [1.54, 1.807) is 0 Å². The average molecular weight is 292 g/mol. The van der Waals surface area contributed by atoms with E-state index in [1.165, 1.54) is 12.8 Å². The molecular weight excluding hydrogens is 264 g/mol. The molecule has 3 aliphatic rings. The Hall–Kier alpha value is -1.06. The zero-order chi connectivity index (χ0) is 15.1. The molecule has 3 atom stereocenters. The van der Waals surface area contributed by atoms with Crippen molar-refractivity contribution < 1.29 is 9.59 Å². The smallest absolute Gasteiger partial charge is 0.246 e. The SMILES string of the molecule is CC(C)C1C(=O)N2CCCCC2C(=O)N1C(C)CC1CC1. The van der Waals surface area contributed by atoms with Gasteiger partial charge in [-0.1, -0.05) is 26.7 Å². The first-order chi connectivity index (χ1) is 10.0. The summed E-state index contributed by atoms with van der Waals surface area (Å²) in [7, 11) is 0. The third kappa shape index (κ3) is 2.69. The van der Waals surface area contributed by atoms with E-state index < -0.39 is 0 Å². The molecule has 1 saturated carbocycles. The minimum absolute atomic E-state index is 0.178. The van der Waals surface area contributed by atoms with Gasteiger partial charge >= 0.3 is 0 Å². The third-order valence-electron chi connectivity index (χ3n) is 5.36. The van der Waals surface area contributed by atoms with Crippen LogP contribution >= 0.6 is 0 Å². The standard InChI is InChI=1S/C17H28N2O2/c1-11(2)15-17(21)18-9-5-4-6-14(18)16(20)19(15)12(3)10-13-7-8-13/h11-15H,4-10H2,1-3H3. The van der Waals surface area contributed by atoms with E-state index in [2.05, 4.69) is 20.8 Å². The van der Waals surface area contributed by atoms with Crippen LogP contribution in [-0.2, 0) is 9.59 Å². The Kier molecular flexibility index (Phi) is 3.98. The molecule has 2 aliphatic heterocycles. The normalized spacial score (nSPS) is 31.6. The summed E-state index contributed by atoms with van der Waals surface area (Å²) in [5.41, 5.74) is 0. The summed E-state index contributed by atoms with van der Waals surface area (Å²) in [5, 5.41) is 0. The molecular formula is C17H28N2O2. The summed E-state index contributed by atoms with van der Waals surface area (Å²) < 4.78 is 0. The molecule has 2 amide bonds. The van der Waals surface area contributed by atoms with E-state index in [0.717, 1.165) is 38.1 Å². The van der Waals surface area contributed by atoms with Crippen molar-refractivity contribution >= 4 is 11.8 Å². The zero-order valence-electron chi connectivity index (χ0n) is 13.5. The number of carbonyl (C=O) groups excluding carboxylic acids is 2. The maximum absolute atomic E-state index is 13.0. The Balaban J connectivity index is 1.86. The van der Waals surface area contributed by atoms with Gasteiger partial charge in [-0.25, -0.2) is 0 Å². The van der Waals surface area contributed by atoms with Crippen LogP contribution in [0.15, 0.2) is 0 Å². The number of piperidine rings is 1. The molecule has 21 heavy (non-hydrogen) atoms. The molecule has 118 valence electrons. The van der Waals surface area contributed by atoms with Gasteiger partial charge in [-0.2, -0.15) is 0 Å². The van der Waals surface area contributed by atoms with E-state index >= 15 is 0 Å². The number of carbonyl (C=O) groups is 2. The van der Waals surface area contributed by atoms with Gasteiger partial charge in [0, 0.05) is 12.6 Å². The van der Waals surface area contributed by atoms with Gasteiger partial charge in [0.1, 0.15) is 12.1 Å². The maximum atomic E-state index is 13.0. The van der Waals surface area contributed by atoms with Crippen LogP contribution in [0.5, 0.6) is 0 Å². The molecule has 0 aromatic heterocycles. The molecule has 0 spiro atoms. The summed E-state index contributed by atoms with van der Waals surface area (Å²) in [6, 6.07) is -0.228. The molecule has 4 heteroatoms. The summed E-state index contributed by atoms with van der Waals surface area (Å²) in [5.74, 6) is 1.36. The van der Waals surface area contributed by atoms with Gasteiger partial charge in [-0.05, 0) is 44.4 Å². The fourth-order valence-electron chi connectivity index (χ4n) is 4.10. The fourth-order valence-corrected chi connectivity index (χ4v) is 4.10. The van der Waals surface area contributed by atoms with Gasteiger partial charge < -0.3 is 9.80 Å². The Morgan fingerprint density at radius 3 is 2.38 bits per heavy atom. The van der Waals surface area contributed by atoms with Crippen LogP contribution < -0.4 is 0 Å². The van der Waals surface area contributed by atoms with Gasteiger partial charge in [0.05, 0.1) is 0 Å². The average Bonchev–Trinajstić information content (AvgIpc) is 3.25. The molecule has 2 saturated heterocycles. The quantitative estimate of drug-likeness (QED) is 0.798. The number of fused-ring (bicyclic) bond motifs is 1. The van der Waals surface area contributed by atoms with Crippen molar-refractivity contribution in [3.05, 3.63) is 0 Å². The topological polar surface area (TPSA) is 40.6 Å². The van der Waals surface area contributed by atoms with Crippen molar-refractivity contribution in [2.24, 2.45) is 11.8 Å². The van der Waals surface area contributed by atoms with Gasteiger partial charge in [-0.15, -0.1) is 0 Å². The highest BCUT2D eigenvalue weighted by molar-refractivity contribution is 5.97. The van der Waals surface area contributed by atoms with Crippen LogP contribution in [-0.4, -0.2) is 46.3 Å². The second kappa shape index (κ2) is 5.62. The fraction of sp³-hybridized carbons (Fsp3) is 0.882. The minimum Gasteiger partial charge on any atom is -0.329 e. The molecule has 0 N–H and O–H groups in total. The Morgan fingerprint density at radius 1 is 1.05 bits per heavy atom. The van der Waals surface area contributed by atoms with Gasteiger partial charge in [-0.3, -0.25) is 9.59 Å². The van der Waals surface area contributed by atoms with E-state index in [1.807, 2.05) is 9.80 Å². The van der Waals surface area contributed by atoms with Crippen molar-refractivity contribution in [3.63, 3.8) is 0 Å². The summed E-state index contributed by atoms with van der Waals surface area (Å²) in [4.78, 5) is 29.7. The van der Waals surface area contributed by atoms with E-state index in [0.29, 0.717) is 0 Å². The molecule has 3 unspecified atom stereocenters. The predicted molar refractivity (Wildman–Crippen MR) is 81.6 cm³/mol. The molecule has 1 aliphatic carbocycles. The number of piperazine rings is 1. The molecule has 0 radical (unpaired) electrons. The number of hydrogen-bond donors (Lipinski definition) is 0. The van der Waals surface area contributed by atoms with Gasteiger partial charge in [0.15, 0.2) is 0 Å². The monoisotopic (exact) mass is 292 g/mol. The molecule has 0 aromatic carbocycles. The summed E-state index contributed by atoms with van der Waals surface area (Å²) >= 11 is 0. The molecule has 0 bridgehead atoms. The third-order valence-corrected chi connectivity index (χ3v) is 5.36. The first-order valence-corrected chi connectivity index (χ1v) is 8.63. The number of amides is 2. The van der Waals surface area contributed by atoms with Crippen molar-refractivity contribution in [1.29, 1.82) is 0 Å². The van der Waals surface area contributed by atoms with Crippen molar-refractivity contribution in [3.8, 4) is 0 Å². The minimum atomic E-state index is -0.249. The molecule has 2 heterocycles. The van der Waals surface area contributed by atoms with E-state index in [4.69, 9.17) is 0 Å². The van der Waals surface area contributed by atoms with E-state index in [-0.39, 0.29) is 35.9 Å². The van der Waals surface area contributed by atoms with Crippen LogP contribution in [0.1, 0.15) is 59.3 Å². The second-order valence-electron chi connectivity index (χ2n) is 7.51. The van der Waals surface area contributed by atoms with E-state index in [9.17, 15) is 9.59 Å². The van der Waals surface area contributed by atoms with Crippen LogP contribution in [0.2, 0.25) is 0 Å².